The van der Waals surface area contributed by atoms with Gasteiger partial charge in [0.25, 0.3) is 0 Å². The van der Waals surface area contributed by atoms with Crippen molar-refractivity contribution in [2.24, 2.45) is 4.99 Å². The van der Waals surface area contributed by atoms with Crippen LogP contribution in [-0.2, 0) is 14.3 Å². The number of carbonyl (C=O) groups excluding carboxylic acids is 1. The van der Waals surface area contributed by atoms with Gasteiger partial charge in [-0.3, -0.25) is 4.79 Å². The number of likely N-dealkylation sites (N-methyl/N-ethyl adjacent to an activating group) is 1. The van der Waals surface area contributed by atoms with Crippen LogP contribution in [0.15, 0.2) is 29.3 Å². The lowest BCUT2D eigenvalue weighted by molar-refractivity contribution is -0.145. The number of amides is 1. The second kappa shape index (κ2) is 11.0. The third-order valence-electron chi connectivity index (χ3n) is 4.91. The first-order chi connectivity index (χ1) is 13.5. The molecule has 0 spiro atoms. The maximum atomic E-state index is 12.0. The van der Waals surface area contributed by atoms with Crippen molar-refractivity contribution in [3.05, 3.63) is 29.8 Å². The fourth-order valence-electron chi connectivity index (χ4n) is 3.21. The minimum atomic E-state index is -0.567. The number of ether oxygens (including phenoxy) is 3. The quantitative estimate of drug-likeness (QED) is 0.340. The third kappa shape index (κ3) is 6.71. The first kappa shape index (κ1) is 23.7. The fraction of sp³-hybridized carbons (Fsp3) is 0.600. The number of hydrogen-bond donors (Lipinski definition) is 2. The van der Waals surface area contributed by atoms with Crippen LogP contribution in [0.25, 0.3) is 0 Å². The Morgan fingerprint density at radius 2 is 1.97 bits per heavy atom. The van der Waals surface area contributed by atoms with Gasteiger partial charge in [-0.15, -0.1) is 24.0 Å². The lowest BCUT2D eigenvalue weighted by Gasteiger charge is -2.29. The van der Waals surface area contributed by atoms with Crippen LogP contribution in [0.5, 0.6) is 5.75 Å². The van der Waals surface area contributed by atoms with Crippen LogP contribution < -0.4 is 15.4 Å². The van der Waals surface area contributed by atoms with Gasteiger partial charge in [0.1, 0.15) is 12.3 Å². The van der Waals surface area contributed by atoms with Crippen molar-refractivity contribution in [2.75, 3.05) is 47.0 Å². The molecule has 2 N–H and O–H groups in total. The molecule has 2 aliphatic rings. The predicted octanol–water partition coefficient (Wildman–Crippen LogP) is 1.90. The van der Waals surface area contributed by atoms with E-state index >= 15 is 0 Å². The largest absolute Gasteiger partial charge is 0.493 e. The zero-order valence-corrected chi connectivity index (χ0v) is 19.6. The molecule has 8 nitrogen and oxygen atoms in total. The van der Waals surface area contributed by atoms with E-state index < -0.39 is 5.79 Å². The molecule has 0 saturated carbocycles. The number of hydrogen-bond acceptors (Lipinski definition) is 5. The van der Waals surface area contributed by atoms with Gasteiger partial charge in [0.15, 0.2) is 11.7 Å². The summed E-state index contributed by atoms with van der Waals surface area (Å²) in [5, 5.41) is 6.76. The first-order valence-corrected chi connectivity index (χ1v) is 9.71. The summed E-state index contributed by atoms with van der Waals surface area (Å²) in [5.41, 5.74) is 1.09. The molecule has 1 saturated heterocycles. The molecule has 0 aliphatic carbocycles. The Kier molecular flexibility index (Phi) is 8.97. The van der Waals surface area contributed by atoms with Crippen LogP contribution >= 0.6 is 24.0 Å². The van der Waals surface area contributed by atoms with Crippen LogP contribution in [0, 0.1) is 0 Å². The van der Waals surface area contributed by atoms with Crippen LogP contribution in [0.3, 0.4) is 0 Å². The molecular formula is C20H31IN4O4. The lowest BCUT2D eigenvalue weighted by atomic mass is 10.0. The van der Waals surface area contributed by atoms with Crippen molar-refractivity contribution >= 4 is 35.8 Å². The Bertz CT molecular complexity index is 707. The molecule has 2 heterocycles. The number of nitrogens with one attached hydrogen (secondary N) is 2. The molecule has 162 valence electrons. The Hall–Kier alpha value is -1.59. The summed E-state index contributed by atoms with van der Waals surface area (Å²) in [7, 11) is 3.45. The molecule has 2 aliphatic heterocycles. The van der Waals surface area contributed by atoms with E-state index in [0.29, 0.717) is 38.7 Å². The highest BCUT2D eigenvalue weighted by molar-refractivity contribution is 14.0. The van der Waals surface area contributed by atoms with E-state index in [-0.39, 0.29) is 42.5 Å². The third-order valence-corrected chi connectivity index (χ3v) is 4.91. The van der Waals surface area contributed by atoms with Gasteiger partial charge in [-0.2, -0.15) is 0 Å². The number of nitrogens with zero attached hydrogens (tertiary/aromatic N) is 2. The summed E-state index contributed by atoms with van der Waals surface area (Å²) >= 11 is 0. The molecule has 0 aromatic heterocycles. The van der Waals surface area contributed by atoms with E-state index in [0.717, 1.165) is 17.7 Å². The summed E-state index contributed by atoms with van der Waals surface area (Å²) in [4.78, 5) is 18.0. The monoisotopic (exact) mass is 518 g/mol. The Morgan fingerprint density at radius 1 is 1.24 bits per heavy atom. The molecule has 1 aromatic rings. The van der Waals surface area contributed by atoms with Crippen molar-refractivity contribution in [2.45, 2.75) is 31.6 Å². The van der Waals surface area contributed by atoms with Gasteiger partial charge in [-0.25, -0.2) is 4.99 Å². The highest BCUT2D eigenvalue weighted by Crippen LogP contribution is 2.31. The molecule has 1 fully saturated rings. The normalized spacial score (nSPS) is 20.1. The molecule has 29 heavy (non-hydrogen) atoms. The number of fused-ring (bicyclic) bond motifs is 1. The molecule has 1 aromatic carbocycles. The molecule has 1 atom stereocenters. The van der Waals surface area contributed by atoms with Crippen molar-refractivity contribution in [3.8, 4) is 5.75 Å². The smallest absolute Gasteiger partial charge is 0.243 e. The summed E-state index contributed by atoms with van der Waals surface area (Å²) < 4.78 is 17.0. The summed E-state index contributed by atoms with van der Waals surface area (Å²) in [6, 6.07) is 8.05. The lowest BCUT2D eigenvalue weighted by Crippen LogP contribution is -2.43. The standard InChI is InChI=1S/C20H30N4O4.HI/c1-20(27-12-13-28-20)9-10-21-19(22-14-18(25)24(2)3)23-16-8-11-26-17-7-5-4-6-15(16)17;/h4-7,16H,8-14H2,1-3H3,(H2,21,22,23);1H. The van der Waals surface area contributed by atoms with Gasteiger partial charge in [0, 0.05) is 39.0 Å². The van der Waals surface area contributed by atoms with E-state index in [1.807, 2.05) is 25.1 Å². The predicted molar refractivity (Wildman–Crippen MR) is 122 cm³/mol. The molecule has 1 unspecified atom stereocenters. The zero-order chi connectivity index (χ0) is 20.0. The average molecular weight is 518 g/mol. The summed E-state index contributed by atoms with van der Waals surface area (Å²) in [5.74, 6) is 0.861. The number of rotatable bonds is 6. The van der Waals surface area contributed by atoms with E-state index in [1.54, 1.807) is 14.1 Å². The number of para-hydroxylation sites is 1. The average Bonchev–Trinajstić information content (AvgIpc) is 3.12. The Balaban J connectivity index is 0.00000300. The highest BCUT2D eigenvalue weighted by atomic mass is 127. The number of carbonyl (C=O) groups is 1. The van der Waals surface area contributed by atoms with Crippen LogP contribution in [0.1, 0.15) is 31.4 Å². The van der Waals surface area contributed by atoms with Gasteiger partial charge in [0.05, 0.1) is 25.9 Å². The van der Waals surface area contributed by atoms with Crippen molar-refractivity contribution < 1.29 is 19.0 Å². The van der Waals surface area contributed by atoms with E-state index in [9.17, 15) is 4.79 Å². The first-order valence-electron chi connectivity index (χ1n) is 9.71. The molecule has 1 amide bonds. The van der Waals surface area contributed by atoms with E-state index in [1.165, 1.54) is 4.90 Å². The minimum Gasteiger partial charge on any atom is -0.493 e. The molecule has 3 rings (SSSR count). The van der Waals surface area contributed by atoms with Crippen molar-refractivity contribution in [3.63, 3.8) is 0 Å². The topological polar surface area (TPSA) is 84.4 Å². The van der Waals surface area contributed by atoms with E-state index in [4.69, 9.17) is 14.2 Å². The number of guanidine groups is 1. The number of benzene rings is 1. The van der Waals surface area contributed by atoms with Gasteiger partial charge in [-0.1, -0.05) is 18.2 Å². The van der Waals surface area contributed by atoms with Gasteiger partial charge in [0.2, 0.25) is 5.91 Å². The van der Waals surface area contributed by atoms with Crippen molar-refractivity contribution in [1.29, 1.82) is 0 Å². The Morgan fingerprint density at radius 3 is 2.69 bits per heavy atom. The maximum absolute atomic E-state index is 12.0. The number of aliphatic imine (C=N–C) groups is 1. The van der Waals surface area contributed by atoms with Crippen LogP contribution in [0.4, 0.5) is 0 Å². The zero-order valence-electron chi connectivity index (χ0n) is 17.3. The SMILES string of the molecule is CN(C)C(=O)CN=C(NCCC1(C)OCCO1)NC1CCOc2ccccc21.I. The molecule has 0 bridgehead atoms. The Labute approximate surface area is 189 Å². The van der Waals surface area contributed by atoms with E-state index in [2.05, 4.69) is 21.7 Å². The van der Waals surface area contributed by atoms with Gasteiger partial charge in [-0.05, 0) is 13.0 Å². The second-order valence-electron chi connectivity index (χ2n) is 7.33. The number of halogens is 1. The summed E-state index contributed by atoms with van der Waals surface area (Å²) in [6.07, 6.45) is 1.50. The summed E-state index contributed by atoms with van der Waals surface area (Å²) in [6.45, 7) is 4.51. The molecular weight excluding hydrogens is 487 g/mol. The molecule has 0 radical (unpaired) electrons. The highest BCUT2D eigenvalue weighted by Gasteiger charge is 2.30. The maximum Gasteiger partial charge on any atom is 0.243 e. The minimum absolute atomic E-state index is 0. The van der Waals surface area contributed by atoms with Crippen LogP contribution in [0.2, 0.25) is 0 Å². The van der Waals surface area contributed by atoms with Gasteiger partial charge < -0.3 is 29.7 Å². The van der Waals surface area contributed by atoms with Gasteiger partial charge >= 0.3 is 0 Å². The van der Waals surface area contributed by atoms with Crippen molar-refractivity contribution in [1.82, 2.24) is 15.5 Å². The molecule has 9 heteroatoms. The fourth-order valence-corrected chi connectivity index (χ4v) is 3.21. The second-order valence-corrected chi connectivity index (χ2v) is 7.33. The van der Waals surface area contributed by atoms with Crippen LogP contribution in [-0.4, -0.2) is 69.6 Å².